The number of halogens is 1. The average molecular weight is 448 g/mol. The molecule has 0 saturated carbocycles. The lowest BCUT2D eigenvalue weighted by Crippen LogP contribution is -2.26. The standard InChI is InChI=1S/C23H26ClNO4S/c1-15(2)22-21(26)14-18(23(22)27)13-17-5-3-4-16(12-17)10-11-25-30(28,29)20-8-6-19(24)7-9-20/h3-9,12,15,18,25,27H,10-11,13-14H2,1-2H3. The molecular weight excluding hydrogens is 422 g/mol. The maximum atomic E-state index is 12.4. The zero-order chi connectivity index (χ0) is 21.9. The van der Waals surface area contributed by atoms with Gasteiger partial charge >= 0.3 is 0 Å². The molecule has 0 heterocycles. The first kappa shape index (κ1) is 22.5. The van der Waals surface area contributed by atoms with Gasteiger partial charge in [0.1, 0.15) is 5.76 Å². The van der Waals surface area contributed by atoms with Crippen LogP contribution in [0.15, 0.2) is 64.8 Å². The average Bonchev–Trinajstić information content (AvgIpc) is 2.95. The third-order valence-corrected chi connectivity index (χ3v) is 7.00. The highest BCUT2D eigenvalue weighted by Gasteiger charge is 2.33. The molecular formula is C23H26ClNO4S. The minimum absolute atomic E-state index is 0.0162. The highest BCUT2D eigenvalue weighted by atomic mass is 35.5. The Labute approximate surface area is 182 Å². The lowest BCUT2D eigenvalue weighted by atomic mass is 9.96. The number of ketones is 1. The van der Waals surface area contributed by atoms with Gasteiger partial charge in [-0.2, -0.15) is 0 Å². The van der Waals surface area contributed by atoms with E-state index in [1.54, 1.807) is 12.1 Å². The topological polar surface area (TPSA) is 83.5 Å². The summed E-state index contributed by atoms with van der Waals surface area (Å²) < 4.78 is 27.3. The number of benzene rings is 2. The van der Waals surface area contributed by atoms with Gasteiger partial charge < -0.3 is 5.11 Å². The number of hydrogen-bond acceptors (Lipinski definition) is 4. The molecule has 0 amide bonds. The van der Waals surface area contributed by atoms with Gasteiger partial charge in [0, 0.05) is 29.5 Å². The summed E-state index contributed by atoms with van der Waals surface area (Å²) in [5, 5.41) is 10.9. The first-order chi connectivity index (χ1) is 14.2. The Balaban J connectivity index is 1.61. The summed E-state index contributed by atoms with van der Waals surface area (Å²) in [6.45, 7) is 4.09. The molecule has 0 spiro atoms. The van der Waals surface area contributed by atoms with E-state index in [-0.39, 0.29) is 34.8 Å². The molecule has 0 radical (unpaired) electrons. The maximum absolute atomic E-state index is 12.4. The number of aliphatic hydroxyl groups is 1. The van der Waals surface area contributed by atoms with Crippen molar-refractivity contribution in [2.75, 3.05) is 6.54 Å². The van der Waals surface area contributed by atoms with E-state index in [9.17, 15) is 18.3 Å². The van der Waals surface area contributed by atoms with Crippen molar-refractivity contribution in [2.24, 2.45) is 11.8 Å². The summed E-state index contributed by atoms with van der Waals surface area (Å²) in [7, 11) is -3.59. The molecule has 2 N–H and O–H groups in total. The van der Waals surface area contributed by atoms with Gasteiger partial charge in [-0.15, -0.1) is 0 Å². The maximum Gasteiger partial charge on any atom is 0.240 e. The van der Waals surface area contributed by atoms with Crippen LogP contribution in [-0.4, -0.2) is 25.9 Å². The molecule has 5 nitrogen and oxygen atoms in total. The monoisotopic (exact) mass is 447 g/mol. The van der Waals surface area contributed by atoms with Crippen LogP contribution in [0.4, 0.5) is 0 Å². The van der Waals surface area contributed by atoms with Crippen LogP contribution in [-0.2, 0) is 27.7 Å². The summed E-state index contributed by atoms with van der Waals surface area (Å²) in [5.41, 5.74) is 2.55. The first-order valence-electron chi connectivity index (χ1n) is 9.96. The van der Waals surface area contributed by atoms with Gasteiger partial charge in [0.05, 0.1) is 4.90 Å². The molecule has 160 valence electrons. The van der Waals surface area contributed by atoms with Gasteiger partial charge in [-0.05, 0) is 54.2 Å². The van der Waals surface area contributed by atoms with Gasteiger partial charge in [0.25, 0.3) is 0 Å². The van der Waals surface area contributed by atoms with Crippen LogP contribution in [0.3, 0.4) is 0 Å². The van der Waals surface area contributed by atoms with Gasteiger partial charge in [0.15, 0.2) is 5.78 Å². The van der Waals surface area contributed by atoms with Crippen LogP contribution in [0.1, 0.15) is 31.4 Å². The summed E-state index contributed by atoms with van der Waals surface area (Å²) in [6, 6.07) is 13.9. The summed E-state index contributed by atoms with van der Waals surface area (Å²) in [6.07, 6.45) is 1.45. The molecule has 7 heteroatoms. The number of Topliss-reactive ketones (excluding diaryl/α,β-unsaturated/α-hetero) is 1. The molecule has 1 unspecified atom stereocenters. The van der Waals surface area contributed by atoms with Crippen molar-refractivity contribution in [3.63, 3.8) is 0 Å². The number of hydrogen-bond donors (Lipinski definition) is 2. The Morgan fingerprint density at radius 3 is 2.43 bits per heavy atom. The van der Waals surface area contributed by atoms with E-state index in [1.807, 2.05) is 38.1 Å². The normalized spacial score (nSPS) is 17.2. The SMILES string of the molecule is CC(C)C1=C(O)C(Cc2cccc(CCNS(=O)(=O)c3ccc(Cl)cc3)c2)CC1=O. The molecule has 2 aromatic carbocycles. The van der Waals surface area contributed by atoms with Crippen LogP contribution >= 0.6 is 11.6 Å². The van der Waals surface area contributed by atoms with Crippen molar-refractivity contribution in [2.45, 2.75) is 38.0 Å². The van der Waals surface area contributed by atoms with Crippen molar-refractivity contribution in [3.05, 3.63) is 76.0 Å². The Kier molecular flexibility index (Phi) is 7.01. The highest BCUT2D eigenvalue weighted by Crippen LogP contribution is 2.34. The molecule has 0 aliphatic heterocycles. The van der Waals surface area contributed by atoms with E-state index < -0.39 is 10.0 Å². The minimum atomic E-state index is -3.59. The minimum Gasteiger partial charge on any atom is -0.512 e. The molecule has 0 aromatic heterocycles. The summed E-state index contributed by atoms with van der Waals surface area (Å²) in [4.78, 5) is 12.4. The number of rotatable bonds is 8. The van der Waals surface area contributed by atoms with Crippen LogP contribution in [0.2, 0.25) is 5.02 Å². The lowest BCUT2D eigenvalue weighted by Gasteiger charge is -2.12. The van der Waals surface area contributed by atoms with Gasteiger partial charge in [-0.25, -0.2) is 13.1 Å². The first-order valence-corrected chi connectivity index (χ1v) is 11.8. The Hall–Kier alpha value is -2.15. The van der Waals surface area contributed by atoms with E-state index in [0.29, 0.717) is 29.9 Å². The van der Waals surface area contributed by atoms with Crippen LogP contribution in [0, 0.1) is 11.8 Å². The molecule has 1 aliphatic carbocycles. The fourth-order valence-corrected chi connectivity index (χ4v) is 4.96. The van der Waals surface area contributed by atoms with E-state index in [4.69, 9.17) is 11.6 Å². The molecule has 30 heavy (non-hydrogen) atoms. The molecule has 0 bridgehead atoms. The fourth-order valence-electron chi connectivity index (χ4n) is 3.80. The predicted molar refractivity (Wildman–Crippen MR) is 118 cm³/mol. The molecule has 0 saturated heterocycles. The van der Waals surface area contributed by atoms with E-state index in [1.165, 1.54) is 12.1 Å². The van der Waals surface area contributed by atoms with E-state index in [0.717, 1.165) is 11.1 Å². The fraction of sp³-hybridized carbons (Fsp3) is 0.348. The smallest absolute Gasteiger partial charge is 0.240 e. The van der Waals surface area contributed by atoms with Gasteiger partial charge in [-0.1, -0.05) is 49.7 Å². The number of allylic oxidation sites excluding steroid dienone is 2. The van der Waals surface area contributed by atoms with Crippen molar-refractivity contribution in [3.8, 4) is 0 Å². The van der Waals surface area contributed by atoms with Crippen molar-refractivity contribution >= 4 is 27.4 Å². The number of carbonyl (C=O) groups excluding carboxylic acids is 1. The highest BCUT2D eigenvalue weighted by molar-refractivity contribution is 7.89. The van der Waals surface area contributed by atoms with Crippen molar-refractivity contribution in [1.29, 1.82) is 0 Å². The second kappa shape index (κ2) is 9.33. The quantitative estimate of drug-likeness (QED) is 0.625. The van der Waals surface area contributed by atoms with E-state index in [2.05, 4.69) is 4.72 Å². The molecule has 1 atom stereocenters. The van der Waals surface area contributed by atoms with Gasteiger partial charge in [-0.3, -0.25) is 4.79 Å². The van der Waals surface area contributed by atoms with Crippen LogP contribution in [0.5, 0.6) is 0 Å². The van der Waals surface area contributed by atoms with Crippen LogP contribution in [0.25, 0.3) is 0 Å². The number of aliphatic hydroxyl groups excluding tert-OH is 1. The van der Waals surface area contributed by atoms with Gasteiger partial charge in [0.2, 0.25) is 10.0 Å². The zero-order valence-corrected chi connectivity index (χ0v) is 18.6. The predicted octanol–water partition coefficient (Wildman–Crippen LogP) is 4.46. The molecule has 1 aliphatic rings. The van der Waals surface area contributed by atoms with Crippen molar-refractivity contribution in [1.82, 2.24) is 4.72 Å². The number of nitrogens with one attached hydrogen (secondary N) is 1. The summed E-state index contributed by atoms with van der Waals surface area (Å²) in [5.74, 6) is 0.0763. The molecule has 0 fully saturated rings. The van der Waals surface area contributed by atoms with Crippen molar-refractivity contribution < 1.29 is 18.3 Å². The second-order valence-electron chi connectivity index (χ2n) is 7.90. The Morgan fingerprint density at radius 2 is 1.80 bits per heavy atom. The Bertz CT molecular complexity index is 1060. The molecule has 2 aromatic rings. The lowest BCUT2D eigenvalue weighted by molar-refractivity contribution is -0.115. The van der Waals surface area contributed by atoms with E-state index >= 15 is 0 Å². The third kappa shape index (κ3) is 5.31. The number of sulfonamides is 1. The summed E-state index contributed by atoms with van der Waals surface area (Å²) >= 11 is 5.81. The largest absolute Gasteiger partial charge is 0.512 e. The number of carbonyl (C=O) groups is 1. The Morgan fingerprint density at radius 1 is 1.13 bits per heavy atom. The zero-order valence-electron chi connectivity index (χ0n) is 17.1. The second-order valence-corrected chi connectivity index (χ2v) is 10.1. The molecule has 3 rings (SSSR count). The third-order valence-electron chi connectivity index (χ3n) is 5.28. The van der Waals surface area contributed by atoms with Crippen LogP contribution < -0.4 is 4.72 Å².